The lowest BCUT2D eigenvalue weighted by Crippen LogP contribution is -2.35. The van der Waals surface area contributed by atoms with Crippen molar-refractivity contribution in [3.63, 3.8) is 0 Å². The number of carbonyl (C=O) groups excluding carboxylic acids is 1. The van der Waals surface area contributed by atoms with Crippen LogP contribution in [0, 0.1) is 5.92 Å². The Balaban J connectivity index is 2.06. The quantitative estimate of drug-likeness (QED) is 0.676. The van der Waals surface area contributed by atoms with Crippen molar-refractivity contribution < 1.29 is 23.0 Å². The van der Waals surface area contributed by atoms with E-state index in [1.165, 1.54) is 14.0 Å². The van der Waals surface area contributed by atoms with Crippen LogP contribution in [0.3, 0.4) is 0 Å². The zero-order valence-corrected chi connectivity index (χ0v) is 16.7. The lowest BCUT2D eigenvalue weighted by molar-refractivity contribution is -0.119. The summed E-state index contributed by atoms with van der Waals surface area (Å²) >= 11 is 0. The molecule has 1 aliphatic heterocycles. The zero-order valence-electron chi connectivity index (χ0n) is 16.7. The number of ether oxygens (including phenoxy) is 2. The zero-order chi connectivity index (χ0) is 21.2. The topological polar surface area (TPSA) is 73.3 Å². The molecule has 0 unspecified atom stereocenters. The minimum atomic E-state index is -3.29. The molecule has 1 aliphatic rings. The van der Waals surface area contributed by atoms with E-state index < -0.39 is 24.1 Å². The van der Waals surface area contributed by atoms with Crippen LogP contribution in [-0.4, -0.2) is 41.6 Å². The number of ketones is 1. The first-order valence-electron chi connectivity index (χ1n) is 9.56. The number of Topliss-reactive ketones (excluding diaryl/α,β-unsaturated/α-hetero) is 1. The van der Waals surface area contributed by atoms with Crippen molar-refractivity contribution in [3.05, 3.63) is 36.5 Å². The average Bonchev–Trinajstić information content (AvgIpc) is 3.09. The summed E-state index contributed by atoms with van der Waals surface area (Å²) in [6.07, 6.45) is 0.747. The SMILES string of the molecule is C=CCC(F)(F)c1nc2ccc(OC)cc2nc1O[C@H]1CN[C@H](C(C)=O)[C@@H]1CC. The number of carbonyl (C=O) groups is 1. The number of hydrogen-bond acceptors (Lipinski definition) is 6. The molecule has 29 heavy (non-hydrogen) atoms. The molecule has 0 bridgehead atoms. The molecule has 156 valence electrons. The van der Waals surface area contributed by atoms with Gasteiger partial charge >= 0.3 is 0 Å². The third-order valence-corrected chi connectivity index (χ3v) is 5.20. The van der Waals surface area contributed by atoms with Gasteiger partial charge in [-0.1, -0.05) is 13.0 Å². The fourth-order valence-corrected chi connectivity index (χ4v) is 3.72. The van der Waals surface area contributed by atoms with Gasteiger partial charge in [0, 0.05) is 24.9 Å². The highest BCUT2D eigenvalue weighted by atomic mass is 19.3. The highest BCUT2D eigenvalue weighted by Crippen LogP contribution is 2.38. The second-order valence-corrected chi connectivity index (χ2v) is 7.15. The summed E-state index contributed by atoms with van der Waals surface area (Å²) in [4.78, 5) is 20.4. The molecule has 1 fully saturated rings. The minimum Gasteiger partial charge on any atom is -0.497 e. The van der Waals surface area contributed by atoms with Crippen LogP contribution in [0.15, 0.2) is 30.9 Å². The number of rotatable bonds is 8. The standard InChI is InChI=1S/C21H25F2N3O3/c1-5-9-21(22,23)19-20(26-16-10-13(28-4)7-8-15(16)25-19)29-17-11-24-18(12(3)27)14(17)6-2/h5,7-8,10,14,17-18,24H,1,6,9,11H2,2-4H3/t14-,17+,18-/m1/s1. The first-order chi connectivity index (χ1) is 13.8. The maximum absolute atomic E-state index is 14.8. The second-order valence-electron chi connectivity index (χ2n) is 7.15. The first kappa shape index (κ1) is 21.1. The molecule has 2 heterocycles. The summed E-state index contributed by atoms with van der Waals surface area (Å²) < 4.78 is 40.8. The molecule has 0 radical (unpaired) electrons. The van der Waals surface area contributed by atoms with Gasteiger partial charge in [-0.05, 0) is 25.5 Å². The fraction of sp³-hybridized carbons (Fsp3) is 0.476. The normalized spacial score (nSPS) is 21.9. The summed E-state index contributed by atoms with van der Waals surface area (Å²) in [7, 11) is 1.51. The minimum absolute atomic E-state index is 0.00510. The third kappa shape index (κ3) is 4.22. The van der Waals surface area contributed by atoms with Gasteiger partial charge in [0.05, 0.1) is 24.2 Å². The number of alkyl halides is 2. The van der Waals surface area contributed by atoms with Gasteiger partial charge in [-0.3, -0.25) is 4.79 Å². The van der Waals surface area contributed by atoms with Crippen LogP contribution in [-0.2, 0) is 10.7 Å². The number of halogens is 2. The Kier molecular flexibility index (Phi) is 6.12. The summed E-state index contributed by atoms with van der Waals surface area (Å²) in [5.74, 6) is -3.13. The van der Waals surface area contributed by atoms with E-state index in [0.29, 0.717) is 29.7 Å². The Labute approximate surface area is 168 Å². The van der Waals surface area contributed by atoms with E-state index in [2.05, 4.69) is 21.9 Å². The van der Waals surface area contributed by atoms with Crippen LogP contribution in [0.5, 0.6) is 11.6 Å². The van der Waals surface area contributed by atoms with Gasteiger partial charge < -0.3 is 14.8 Å². The number of fused-ring (bicyclic) bond motifs is 1. The van der Waals surface area contributed by atoms with Gasteiger partial charge in [-0.2, -0.15) is 8.78 Å². The first-order valence-corrected chi connectivity index (χ1v) is 9.56. The van der Waals surface area contributed by atoms with Gasteiger partial charge in [0.25, 0.3) is 5.92 Å². The van der Waals surface area contributed by atoms with Crippen molar-refractivity contribution in [2.75, 3.05) is 13.7 Å². The lowest BCUT2D eigenvalue weighted by Gasteiger charge is -2.24. The predicted molar refractivity (Wildman–Crippen MR) is 105 cm³/mol. The van der Waals surface area contributed by atoms with Crippen LogP contribution < -0.4 is 14.8 Å². The maximum Gasteiger partial charge on any atom is 0.298 e. The highest BCUT2D eigenvalue weighted by molar-refractivity contribution is 5.82. The molecule has 0 amide bonds. The Morgan fingerprint density at radius 3 is 2.76 bits per heavy atom. The largest absolute Gasteiger partial charge is 0.497 e. The van der Waals surface area contributed by atoms with Gasteiger partial charge in [-0.25, -0.2) is 9.97 Å². The molecular weight excluding hydrogens is 380 g/mol. The van der Waals surface area contributed by atoms with Crippen LogP contribution in [0.1, 0.15) is 32.4 Å². The Bertz CT molecular complexity index is 919. The Morgan fingerprint density at radius 1 is 1.38 bits per heavy atom. The van der Waals surface area contributed by atoms with Crippen molar-refractivity contribution in [3.8, 4) is 11.6 Å². The van der Waals surface area contributed by atoms with E-state index in [0.717, 1.165) is 6.08 Å². The summed E-state index contributed by atoms with van der Waals surface area (Å²) in [5, 5.41) is 3.12. The van der Waals surface area contributed by atoms with Crippen molar-refractivity contribution in [1.29, 1.82) is 0 Å². The monoisotopic (exact) mass is 405 g/mol. The maximum atomic E-state index is 14.8. The number of methoxy groups -OCH3 is 1. The number of nitrogens with one attached hydrogen (secondary N) is 1. The predicted octanol–water partition coefficient (Wildman–Crippen LogP) is 3.64. The van der Waals surface area contributed by atoms with E-state index in [1.807, 2.05) is 6.92 Å². The van der Waals surface area contributed by atoms with E-state index in [1.54, 1.807) is 18.2 Å². The van der Waals surface area contributed by atoms with Gasteiger partial charge in [-0.15, -0.1) is 6.58 Å². The molecule has 0 spiro atoms. The average molecular weight is 405 g/mol. The van der Waals surface area contributed by atoms with E-state index >= 15 is 0 Å². The van der Waals surface area contributed by atoms with Crippen molar-refractivity contribution in [2.24, 2.45) is 5.92 Å². The van der Waals surface area contributed by atoms with E-state index in [4.69, 9.17) is 9.47 Å². The molecule has 3 rings (SSSR count). The molecule has 1 N–H and O–H groups in total. The Hall–Kier alpha value is -2.61. The van der Waals surface area contributed by atoms with Crippen molar-refractivity contribution in [2.45, 2.75) is 44.8 Å². The van der Waals surface area contributed by atoms with Gasteiger partial charge in [0.15, 0.2) is 5.69 Å². The molecule has 3 atom stereocenters. The van der Waals surface area contributed by atoms with Crippen LogP contribution in [0.4, 0.5) is 8.78 Å². The number of allylic oxidation sites excluding steroid dienone is 1. The van der Waals surface area contributed by atoms with Gasteiger partial charge in [0.1, 0.15) is 17.6 Å². The number of hydrogen-bond donors (Lipinski definition) is 1. The number of nitrogens with zero attached hydrogens (tertiary/aromatic N) is 2. The molecule has 0 saturated carbocycles. The molecule has 8 heteroatoms. The third-order valence-electron chi connectivity index (χ3n) is 5.20. The lowest BCUT2D eigenvalue weighted by atomic mass is 9.93. The van der Waals surface area contributed by atoms with Crippen LogP contribution >= 0.6 is 0 Å². The molecule has 1 saturated heterocycles. The number of benzene rings is 1. The smallest absolute Gasteiger partial charge is 0.298 e. The molecule has 1 aromatic heterocycles. The molecule has 6 nitrogen and oxygen atoms in total. The number of aromatic nitrogens is 2. The summed E-state index contributed by atoms with van der Waals surface area (Å²) in [6, 6.07) is 4.47. The van der Waals surface area contributed by atoms with Gasteiger partial charge in [0.2, 0.25) is 5.88 Å². The fourth-order valence-electron chi connectivity index (χ4n) is 3.72. The summed E-state index contributed by atoms with van der Waals surface area (Å²) in [6.45, 7) is 7.23. The molecular formula is C21H25F2N3O3. The van der Waals surface area contributed by atoms with Crippen molar-refractivity contribution >= 4 is 16.8 Å². The van der Waals surface area contributed by atoms with Crippen LogP contribution in [0.25, 0.3) is 11.0 Å². The molecule has 0 aliphatic carbocycles. The Morgan fingerprint density at radius 2 is 2.14 bits per heavy atom. The second kappa shape index (κ2) is 8.41. The summed E-state index contributed by atoms with van der Waals surface area (Å²) in [5.41, 5.74) is 0.172. The van der Waals surface area contributed by atoms with Crippen LogP contribution in [0.2, 0.25) is 0 Å². The molecule has 2 aromatic rings. The highest BCUT2D eigenvalue weighted by Gasteiger charge is 2.42. The van der Waals surface area contributed by atoms with E-state index in [-0.39, 0.29) is 23.6 Å². The van der Waals surface area contributed by atoms with Crippen molar-refractivity contribution in [1.82, 2.24) is 15.3 Å². The van der Waals surface area contributed by atoms with E-state index in [9.17, 15) is 13.6 Å². The molecule has 1 aromatic carbocycles.